The quantitative estimate of drug-likeness (QED) is 0.501. The van der Waals surface area contributed by atoms with Gasteiger partial charge in [-0.1, -0.05) is 6.32 Å². The Labute approximate surface area is 132 Å². The second-order valence-corrected chi connectivity index (χ2v) is 4.64. The van der Waals surface area contributed by atoms with E-state index < -0.39 is 49.2 Å². The number of ketones is 1. The number of hydrogen-bond donors (Lipinski definition) is 0. The first-order valence-electron chi connectivity index (χ1n) is 4.77. The fraction of sp³-hybridized carbons (Fsp3) is 0.875. The van der Waals surface area contributed by atoms with Crippen LogP contribution in [0.25, 0.3) is 0 Å². The van der Waals surface area contributed by atoms with Crippen LogP contribution in [0.3, 0.4) is 0 Å². The van der Waals surface area contributed by atoms with Crippen LogP contribution in [-0.2, 0) is 4.79 Å². The summed E-state index contributed by atoms with van der Waals surface area (Å²) in [6.45, 7) is -4.98. The molecule has 1 atom stereocenters. The maximum atomic E-state index is 12.6. The summed E-state index contributed by atoms with van der Waals surface area (Å²) in [4.78, 5) is 11.1. The molecule has 2 saturated carbocycles. The average Bonchev–Trinajstić information content (AvgIpc) is 1.96. The van der Waals surface area contributed by atoms with E-state index in [2.05, 4.69) is 0 Å². The van der Waals surface area contributed by atoms with Crippen LogP contribution in [0, 0.1) is 11.3 Å². The van der Waals surface area contributed by atoms with Crippen LogP contribution in [0.2, 0.25) is 6.32 Å². The van der Waals surface area contributed by atoms with Gasteiger partial charge < -0.3 is 12.9 Å². The van der Waals surface area contributed by atoms with Gasteiger partial charge in [0.15, 0.2) is 0 Å². The van der Waals surface area contributed by atoms with E-state index in [9.17, 15) is 26.5 Å². The Hall–Kier alpha value is 1.02. The van der Waals surface area contributed by atoms with Gasteiger partial charge in [0.1, 0.15) is 5.78 Å². The zero-order chi connectivity index (χ0) is 11.5. The number of hydrogen-bond acceptors (Lipinski definition) is 1. The van der Waals surface area contributed by atoms with Crippen molar-refractivity contribution in [2.75, 3.05) is 0 Å². The zero-order valence-electron chi connectivity index (χ0n) is 8.78. The summed E-state index contributed by atoms with van der Waals surface area (Å²) in [6.07, 6.45) is -2.61. The van der Waals surface area contributed by atoms with Crippen molar-refractivity contribution in [3.63, 3.8) is 0 Å². The fourth-order valence-electron chi connectivity index (χ4n) is 2.71. The normalized spacial score (nSPS) is 30.3. The molecule has 0 aromatic carbocycles. The molecule has 2 rings (SSSR count). The van der Waals surface area contributed by atoms with Gasteiger partial charge in [-0.15, -0.1) is 0 Å². The number of carbonyl (C=O) groups excluding carboxylic acids is 1. The molecule has 0 bridgehead atoms. The summed E-state index contributed by atoms with van der Waals surface area (Å²) in [5, 5.41) is 0. The monoisotopic (exact) mass is 266 g/mol. The van der Waals surface area contributed by atoms with E-state index >= 15 is 0 Å². The molecular weight excluding hydrogens is 257 g/mol. The van der Waals surface area contributed by atoms with Crippen molar-refractivity contribution in [1.29, 1.82) is 0 Å². The molecule has 2 aliphatic rings. The summed E-state index contributed by atoms with van der Waals surface area (Å²) >= 11 is 0. The van der Waals surface area contributed by atoms with Gasteiger partial charge in [0, 0.05) is 24.7 Å². The van der Waals surface area contributed by atoms with E-state index in [4.69, 9.17) is 0 Å². The molecule has 16 heavy (non-hydrogen) atoms. The Balaban J connectivity index is 0.00000128. The van der Waals surface area contributed by atoms with E-state index in [1.165, 1.54) is 0 Å². The molecule has 2 fully saturated rings. The van der Waals surface area contributed by atoms with Gasteiger partial charge in [-0.25, -0.2) is 8.78 Å². The maximum Gasteiger partial charge on any atom is 1.00 e. The topological polar surface area (TPSA) is 17.1 Å². The maximum absolute atomic E-state index is 12.6. The molecule has 2 aliphatic carbocycles. The molecule has 0 saturated heterocycles. The smallest absolute Gasteiger partial charge is 0.449 e. The van der Waals surface area contributed by atoms with Crippen molar-refractivity contribution in [2.45, 2.75) is 31.5 Å². The standard InChI is InChI=1S/C8H9BF5O.K/c10-8(11)3-7(4-8)5(1-6(7)15)2-9(12,13)14;/h5H,1-4H2;/q-1;+1. The van der Waals surface area contributed by atoms with Gasteiger partial charge >= 0.3 is 58.4 Å². The summed E-state index contributed by atoms with van der Waals surface area (Å²) in [6, 6.07) is 0. The number of Topliss-reactive ketones (excluding diaryl/α,β-unsaturated/α-hetero) is 1. The predicted octanol–water partition coefficient (Wildman–Crippen LogP) is -0.158. The van der Waals surface area contributed by atoms with Gasteiger partial charge in [-0.3, -0.25) is 4.79 Å². The van der Waals surface area contributed by atoms with Crippen LogP contribution in [0.4, 0.5) is 21.7 Å². The van der Waals surface area contributed by atoms with Crippen LogP contribution in [0.15, 0.2) is 0 Å². The molecule has 8 heteroatoms. The van der Waals surface area contributed by atoms with Crippen LogP contribution in [-0.4, -0.2) is 18.7 Å². The minimum atomic E-state index is -4.98. The second-order valence-electron chi connectivity index (χ2n) is 4.64. The van der Waals surface area contributed by atoms with Crippen LogP contribution < -0.4 is 51.4 Å². The van der Waals surface area contributed by atoms with E-state index in [1.807, 2.05) is 0 Å². The Morgan fingerprint density at radius 1 is 1.25 bits per heavy atom. The Kier molecular flexibility index (Phi) is 4.05. The summed E-state index contributed by atoms with van der Waals surface area (Å²) in [7, 11) is 0. The predicted molar refractivity (Wildman–Crippen MR) is 43.6 cm³/mol. The molecule has 0 radical (unpaired) electrons. The van der Waals surface area contributed by atoms with Crippen molar-refractivity contribution in [2.24, 2.45) is 11.3 Å². The Bertz CT molecular complexity index is 308. The van der Waals surface area contributed by atoms with E-state index in [1.54, 1.807) is 0 Å². The average molecular weight is 266 g/mol. The number of rotatable bonds is 2. The first-order chi connectivity index (χ1) is 6.65. The third kappa shape index (κ3) is 2.55. The van der Waals surface area contributed by atoms with E-state index in [0.717, 1.165) is 0 Å². The number of halogens is 5. The van der Waals surface area contributed by atoms with E-state index in [-0.39, 0.29) is 57.8 Å². The molecule has 0 aliphatic heterocycles. The second kappa shape index (κ2) is 4.29. The molecule has 1 unspecified atom stereocenters. The SMILES string of the molecule is O=C1CC(C[B-](F)(F)F)C12CC(F)(F)C2.[K+]. The van der Waals surface area contributed by atoms with Crippen LogP contribution in [0.5, 0.6) is 0 Å². The van der Waals surface area contributed by atoms with Crippen molar-refractivity contribution in [1.82, 2.24) is 0 Å². The molecule has 86 valence electrons. The zero-order valence-corrected chi connectivity index (χ0v) is 11.9. The fourth-order valence-corrected chi connectivity index (χ4v) is 2.71. The summed E-state index contributed by atoms with van der Waals surface area (Å²) in [5.41, 5.74) is -1.33. The molecule has 0 heterocycles. The third-order valence-corrected chi connectivity index (χ3v) is 3.47. The first-order valence-corrected chi connectivity index (χ1v) is 4.77. The Morgan fingerprint density at radius 3 is 2.06 bits per heavy atom. The van der Waals surface area contributed by atoms with Gasteiger partial charge in [-0.2, -0.15) is 0 Å². The van der Waals surface area contributed by atoms with Crippen molar-refractivity contribution < 1.29 is 77.9 Å². The molecule has 1 spiro atoms. The van der Waals surface area contributed by atoms with Crippen LogP contribution >= 0.6 is 0 Å². The minimum absolute atomic E-state index is 0. The van der Waals surface area contributed by atoms with Gasteiger partial charge in [0.05, 0.1) is 0 Å². The van der Waals surface area contributed by atoms with Crippen molar-refractivity contribution in [3.8, 4) is 0 Å². The molecular formula is C8H9BF5KO. The van der Waals surface area contributed by atoms with Crippen molar-refractivity contribution >= 4 is 12.8 Å². The van der Waals surface area contributed by atoms with Crippen molar-refractivity contribution in [3.05, 3.63) is 0 Å². The first kappa shape index (κ1) is 15.1. The Morgan fingerprint density at radius 2 is 1.75 bits per heavy atom. The van der Waals surface area contributed by atoms with Crippen LogP contribution in [0.1, 0.15) is 19.3 Å². The third-order valence-electron chi connectivity index (χ3n) is 3.47. The van der Waals surface area contributed by atoms with Gasteiger partial charge in [0.2, 0.25) is 5.92 Å². The molecule has 1 nitrogen and oxygen atoms in total. The van der Waals surface area contributed by atoms with Gasteiger partial charge in [0.25, 0.3) is 0 Å². The molecule has 0 amide bonds. The summed E-state index contributed by atoms with van der Waals surface area (Å²) in [5.74, 6) is -4.25. The number of carbonyl (C=O) groups is 1. The molecule has 0 N–H and O–H groups in total. The largest absolute Gasteiger partial charge is 1.00 e. The molecule has 0 aromatic rings. The summed E-state index contributed by atoms with van der Waals surface area (Å²) < 4.78 is 61.6. The van der Waals surface area contributed by atoms with Gasteiger partial charge in [-0.05, 0) is 5.92 Å². The number of alkyl halides is 2. The molecule has 0 aromatic heterocycles. The minimum Gasteiger partial charge on any atom is -0.449 e. The van der Waals surface area contributed by atoms with E-state index in [0.29, 0.717) is 0 Å².